The van der Waals surface area contributed by atoms with Gasteiger partial charge in [-0.1, -0.05) is 34.4 Å². The van der Waals surface area contributed by atoms with Crippen molar-refractivity contribution in [3.63, 3.8) is 0 Å². The molecule has 2 N–H and O–H groups in total. The highest BCUT2D eigenvalue weighted by molar-refractivity contribution is 6.42. The van der Waals surface area contributed by atoms with E-state index in [2.05, 4.69) is 15.1 Å². The normalized spacial score (nSPS) is 10.7. The fourth-order valence-electron chi connectivity index (χ4n) is 1.83. The highest BCUT2D eigenvalue weighted by Crippen LogP contribution is 2.36. The van der Waals surface area contributed by atoms with E-state index in [-0.39, 0.29) is 5.88 Å². The fourth-order valence-corrected chi connectivity index (χ4v) is 2.13. The van der Waals surface area contributed by atoms with E-state index in [0.29, 0.717) is 27.0 Å². The maximum Gasteiger partial charge on any atom is 0.232 e. The van der Waals surface area contributed by atoms with Gasteiger partial charge >= 0.3 is 0 Å². The van der Waals surface area contributed by atoms with E-state index in [4.69, 9.17) is 33.5 Å². The van der Waals surface area contributed by atoms with Crippen molar-refractivity contribution in [3.05, 3.63) is 46.8 Å². The Balaban J connectivity index is 2.18. The lowest BCUT2D eigenvalue weighted by Crippen LogP contribution is -1.90. The summed E-state index contributed by atoms with van der Waals surface area (Å²) in [6.45, 7) is 0. The van der Waals surface area contributed by atoms with E-state index in [1.807, 2.05) is 0 Å². The summed E-state index contributed by atoms with van der Waals surface area (Å²) >= 11 is 11.9. The molecule has 0 fully saturated rings. The molecule has 0 aliphatic heterocycles. The molecule has 0 saturated carbocycles. The maximum absolute atomic E-state index is 6.02. The molecule has 2 aromatic heterocycles. The average Bonchev–Trinajstić information content (AvgIpc) is 2.85. The third-order valence-corrected chi connectivity index (χ3v) is 3.49. The van der Waals surface area contributed by atoms with Crippen molar-refractivity contribution in [2.24, 2.45) is 0 Å². The Labute approximate surface area is 124 Å². The van der Waals surface area contributed by atoms with Crippen LogP contribution >= 0.6 is 23.2 Å². The van der Waals surface area contributed by atoms with Gasteiger partial charge in [0.2, 0.25) is 5.88 Å². The zero-order valence-corrected chi connectivity index (χ0v) is 11.6. The standard InChI is InChI=1S/C13H8Cl2N4O/c14-8-2-1-7(5-9(8)15)12-11(13(16)20-19-12)10-3-4-17-6-18-10/h1-6H,16H2. The molecule has 0 aliphatic carbocycles. The van der Waals surface area contributed by atoms with Crippen molar-refractivity contribution in [1.82, 2.24) is 15.1 Å². The van der Waals surface area contributed by atoms with E-state index in [9.17, 15) is 0 Å². The van der Waals surface area contributed by atoms with Gasteiger partial charge < -0.3 is 10.3 Å². The van der Waals surface area contributed by atoms with Crippen molar-refractivity contribution >= 4 is 29.1 Å². The fraction of sp³-hybridized carbons (Fsp3) is 0. The number of hydrogen-bond acceptors (Lipinski definition) is 5. The number of nitrogens with two attached hydrogens (primary N) is 1. The summed E-state index contributed by atoms with van der Waals surface area (Å²) in [5.41, 5.74) is 8.36. The molecule has 20 heavy (non-hydrogen) atoms. The van der Waals surface area contributed by atoms with Crippen molar-refractivity contribution in [2.75, 3.05) is 5.73 Å². The van der Waals surface area contributed by atoms with Crippen LogP contribution in [0.4, 0.5) is 5.88 Å². The Bertz CT molecular complexity index is 758. The van der Waals surface area contributed by atoms with Gasteiger partial charge in [0.15, 0.2) is 0 Å². The first-order chi connectivity index (χ1) is 9.66. The molecule has 5 nitrogen and oxygen atoms in total. The zero-order valence-electron chi connectivity index (χ0n) is 10.0. The number of rotatable bonds is 2. The van der Waals surface area contributed by atoms with Gasteiger partial charge in [-0.15, -0.1) is 0 Å². The minimum absolute atomic E-state index is 0.185. The molecule has 2 heterocycles. The topological polar surface area (TPSA) is 77.8 Å². The Morgan fingerprint density at radius 2 is 1.95 bits per heavy atom. The van der Waals surface area contributed by atoms with Gasteiger partial charge in [-0.2, -0.15) is 0 Å². The zero-order chi connectivity index (χ0) is 14.1. The van der Waals surface area contributed by atoms with E-state index >= 15 is 0 Å². The molecule has 0 radical (unpaired) electrons. The number of halogens is 2. The largest absolute Gasteiger partial charge is 0.367 e. The minimum atomic E-state index is 0.185. The number of benzene rings is 1. The SMILES string of the molecule is Nc1onc(-c2ccc(Cl)c(Cl)c2)c1-c1ccncn1. The van der Waals surface area contributed by atoms with Gasteiger partial charge in [-0.25, -0.2) is 9.97 Å². The minimum Gasteiger partial charge on any atom is -0.367 e. The summed E-state index contributed by atoms with van der Waals surface area (Å²) in [5.74, 6) is 0.185. The average molecular weight is 307 g/mol. The highest BCUT2D eigenvalue weighted by Gasteiger charge is 2.19. The van der Waals surface area contributed by atoms with Gasteiger partial charge in [-0.05, 0) is 18.2 Å². The summed E-state index contributed by atoms with van der Waals surface area (Å²) in [6, 6.07) is 6.90. The van der Waals surface area contributed by atoms with Crippen LogP contribution in [0.15, 0.2) is 41.3 Å². The van der Waals surface area contributed by atoms with Crippen LogP contribution in [0.1, 0.15) is 0 Å². The van der Waals surface area contributed by atoms with Gasteiger partial charge in [0.05, 0.1) is 21.3 Å². The quantitative estimate of drug-likeness (QED) is 0.781. The maximum atomic E-state index is 6.02. The van der Waals surface area contributed by atoms with E-state index in [0.717, 1.165) is 5.56 Å². The van der Waals surface area contributed by atoms with Crippen molar-refractivity contribution in [2.45, 2.75) is 0 Å². The van der Waals surface area contributed by atoms with Gasteiger partial charge in [-0.3, -0.25) is 0 Å². The Kier molecular flexibility index (Phi) is 3.30. The second kappa shape index (κ2) is 5.11. The lowest BCUT2D eigenvalue weighted by atomic mass is 10.1. The lowest BCUT2D eigenvalue weighted by molar-refractivity contribution is 0.439. The molecule has 3 rings (SSSR count). The monoisotopic (exact) mass is 306 g/mol. The predicted octanol–water partition coefficient (Wildman–Crippen LogP) is 3.69. The molecule has 0 atom stereocenters. The molecule has 0 saturated heterocycles. The highest BCUT2D eigenvalue weighted by atomic mass is 35.5. The molecule has 0 bridgehead atoms. The summed E-state index contributed by atoms with van der Waals surface area (Å²) in [4.78, 5) is 8.03. The number of aromatic nitrogens is 3. The molecule has 0 unspecified atom stereocenters. The molecule has 0 spiro atoms. The summed E-state index contributed by atoms with van der Waals surface area (Å²) in [5, 5.41) is 4.87. The molecule has 7 heteroatoms. The Hall–Kier alpha value is -2.11. The van der Waals surface area contributed by atoms with Gasteiger partial charge in [0.25, 0.3) is 0 Å². The second-order valence-electron chi connectivity index (χ2n) is 3.99. The lowest BCUT2D eigenvalue weighted by Gasteiger charge is -2.03. The molecule has 1 aromatic carbocycles. The number of anilines is 1. The Morgan fingerprint density at radius 1 is 1.10 bits per heavy atom. The number of hydrogen-bond donors (Lipinski definition) is 1. The van der Waals surface area contributed by atoms with Crippen molar-refractivity contribution in [3.8, 4) is 22.5 Å². The van der Waals surface area contributed by atoms with Crippen LogP contribution in [0.5, 0.6) is 0 Å². The molecule has 100 valence electrons. The van der Waals surface area contributed by atoms with Crippen LogP contribution in [-0.2, 0) is 0 Å². The third-order valence-electron chi connectivity index (χ3n) is 2.75. The summed E-state index contributed by atoms with van der Waals surface area (Å²) in [7, 11) is 0. The van der Waals surface area contributed by atoms with Crippen LogP contribution < -0.4 is 5.73 Å². The second-order valence-corrected chi connectivity index (χ2v) is 4.81. The first-order valence-electron chi connectivity index (χ1n) is 5.64. The van der Waals surface area contributed by atoms with Crippen LogP contribution in [0.3, 0.4) is 0 Å². The van der Waals surface area contributed by atoms with Crippen molar-refractivity contribution in [1.29, 1.82) is 0 Å². The first-order valence-corrected chi connectivity index (χ1v) is 6.39. The number of nitrogen functional groups attached to an aromatic ring is 1. The number of nitrogens with zero attached hydrogens (tertiary/aromatic N) is 3. The van der Waals surface area contributed by atoms with Crippen LogP contribution in [0.2, 0.25) is 10.0 Å². The molecule has 3 aromatic rings. The van der Waals surface area contributed by atoms with Gasteiger partial charge in [0, 0.05) is 11.8 Å². The molecular weight excluding hydrogens is 299 g/mol. The van der Waals surface area contributed by atoms with E-state index in [1.54, 1.807) is 30.5 Å². The van der Waals surface area contributed by atoms with Crippen LogP contribution in [0, 0.1) is 0 Å². The molecular formula is C13H8Cl2N4O. The summed E-state index contributed by atoms with van der Waals surface area (Å²) < 4.78 is 5.07. The molecule has 0 amide bonds. The smallest absolute Gasteiger partial charge is 0.232 e. The Morgan fingerprint density at radius 3 is 2.65 bits per heavy atom. The van der Waals surface area contributed by atoms with Crippen LogP contribution in [0.25, 0.3) is 22.5 Å². The molecule has 0 aliphatic rings. The first kappa shape index (κ1) is 12.9. The van der Waals surface area contributed by atoms with E-state index < -0.39 is 0 Å². The predicted molar refractivity (Wildman–Crippen MR) is 77.4 cm³/mol. The van der Waals surface area contributed by atoms with E-state index in [1.165, 1.54) is 6.33 Å². The third kappa shape index (κ3) is 2.21. The van der Waals surface area contributed by atoms with Crippen LogP contribution in [-0.4, -0.2) is 15.1 Å². The summed E-state index contributed by atoms with van der Waals surface area (Å²) in [6.07, 6.45) is 3.05. The van der Waals surface area contributed by atoms with Crippen molar-refractivity contribution < 1.29 is 4.52 Å². The van der Waals surface area contributed by atoms with Gasteiger partial charge in [0.1, 0.15) is 12.0 Å².